The van der Waals surface area contributed by atoms with Gasteiger partial charge in [0.2, 0.25) is 5.88 Å². The van der Waals surface area contributed by atoms with Crippen LogP contribution in [0.4, 0.5) is 0 Å². The Kier molecular flexibility index (Phi) is 4.75. The van der Waals surface area contributed by atoms with Crippen molar-refractivity contribution in [3.8, 4) is 28.8 Å². The molecule has 2 aliphatic heterocycles. The third-order valence-electron chi connectivity index (χ3n) is 7.67. The second kappa shape index (κ2) is 8.18. The van der Waals surface area contributed by atoms with E-state index in [1.807, 2.05) is 54.6 Å². The fraction of sp³-hybridized carbons (Fsp3) is 0.133. The number of pyridine rings is 1. The lowest BCUT2D eigenvalue weighted by Gasteiger charge is -2.27. The molecule has 8 nitrogen and oxygen atoms in total. The SMILES string of the molecule is N#Cc1ccc(-n2c(O)c3n(c2=O)[C@@H]2CC3N(C(=O)c3ccc(-c4ccccc4)cc3)C2)c2cccnc12. The monoisotopic (exact) mass is 499 g/mol. The molecule has 0 spiro atoms. The molecule has 0 radical (unpaired) electrons. The first-order valence-corrected chi connectivity index (χ1v) is 12.4. The lowest BCUT2D eigenvalue weighted by molar-refractivity contribution is 0.0711. The van der Waals surface area contributed by atoms with Gasteiger partial charge in [0, 0.05) is 23.7 Å². The molecule has 3 aromatic carbocycles. The van der Waals surface area contributed by atoms with Crippen molar-refractivity contribution in [2.24, 2.45) is 0 Å². The molecule has 0 aliphatic carbocycles. The van der Waals surface area contributed by atoms with Crippen LogP contribution in [0.2, 0.25) is 0 Å². The van der Waals surface area contributed by atoms with Gasteiger partial charge < -0.3 is 10.0 Å². The van der Waals surface area contributed by atoms with E-state index in [1.54, 1.807) is 39.9 Å². The first kappa shape index (κ1) is 22.1. The molecule has 7 rings (SSSR count). The van der Waals surface area contributed by atoms with E-state index in [9.17, 15) is 20.0 Å². The van der Waals surface area contributed by atoms with Gasteiger partial charge in [-0.05, 0) is 53.9 Å². The number of nitrogens with zero attached hydrogens (tertiary/aromatic N) is 5. The second-order valence-corrected chi connectivity index (χ2v) is 9.65. The Bertz CT molecular complexity index is 1850. The Morgan fingerprint density at radius 2 is 1.74 bits per heavy atom. The smallest absolute Gasteiger partial charge is 0.336 e. The molecule has 8 heteroatoms. The van der Waals surface area contributed by atoms with E-state index in [-0.39, 0.29) is 23.5 Å². The summed E-state index contributed by atoms with van der Waals surface area (Å²) in [6, 6.07) is 25.7. The van der Waals surface area contributed by atoms with Crippen LogP contribution < -0.4 is 5.69 Å². The molecule has 1 unspecified atom stereocenters. The average molecular weight is 500 g/mol. The van der Waals surface area contributed by atoms with Crippen molar-refractivity contribution in [2.45, 2.75) is 18.5 Å². The van der Waals surface area contributed by atoms with Gasteiger partial charge >= 0.3 is 5.69 Å². The summed E-state index contributed by atoms with van der Waals surface area (Å²) in [6.07, 6.45) is 2.17. The minimum absolute atomic E-state index is 0.129. The van der Waals surface area contributed by atoms with Gasteiger partial charge in [-0.2, -0.15) is 5.26 Å². The second-order valence-electron chi connectivity index (χ2n) is 9.65. The minimum atomic E-state index is -0.405. The summed E-state index contributed by atoms with van der Waals surface area (Å²) in [5.74, 6) is -0.315. The summed E-state index contributed by atoms with van der Waals surface area (Å²) in [7, 11) is 0. The molecule has 4 heterocycles. The highest BCUT2D eigenvalue weighted by Crippen LogP contribution is 2.49. The predicted octanol–water partition coefficient (Wildman–Crippen LogP) is 4.57. The van der Waals surface area contributed by atoms with E-state index < -0.39 is 6.04 Å². The number of carbonyl (C=O) groups excluding carboxylic acids is 1. The highest BCUT2D eigenvalue weighted by molar-refractivity contribution is 5.95. The van der Waals surface area contributed by atoms with Crippen LogP contribution in [0.5, 0.6) is 5.88 Å². The summed E-state index contributed by atoms with van der Waals surface area (Å²) in [5, 5.41) is 21.4. The standard InChI is InChI=1S/C30H21N5O3/c31-16-21-12-13-24(23-7-4-14-32-26(21)23)35-29(37)27-25-15-22(34(27)30(35)38)17-33(25)28(36)20-10-8-19(9-11-20)18-5-2-1-3-6-18/h1-14,22,25,37H,15,17H2/t22-,25?/m1/s1. The van der Waals surface area contributed by atoms with E-state index in [1.165, 1.54) is 4.57 Å². The lowest BCUT2D eigenvalue weighted by Crippen LogP contribution is -2.37. The van der Waals surface area contributed by atoms with Crippen molar-refractivity contribution >= 4 is 16.8 Å². The number of carbonyl (C=O) groups is 1. The molecule has 2 aromatic heterocycles. The Morgan fingerprint density at radius 3 is 2.50 bits per heavy atom. The normalized spacial score (nSPS) is 17.5. The van der Waals surface area contributed by atoms with Crippen LogP contribution >= 0.6 is 0 Å². The van der Waals surface area contributed by atoms with Crippen molar-refractivity contribution in [2.75, 3.05) is 6.54 Å². The van der Waals surface area contributed by atoms with Crippen LogP contribution in [0.1, 0.15) is 40.1 Å². The summed E-state index contributed by atoms with van der Waals surface area (Å²) in [5.41, 5.74) is 4.05. The molecular weight excluding hydrogens is 478 g/mol. The number of nitriles is 1. The first-order valence-electron chi connectivity index (χ1n) is 12.4. The summed E-state index contributed by atoms with van der Waals surface area (Å²) in [6.45, 7) is 0.399. The van der Waals surface area contributed by atoms with Crippen LogP contribution in [-0.2, 0) is 0 Å². The van der Waals surface area contributed by atoms with E-state index in [0.717, 1.165) is 11.1 Å². The van der Waals surface area contributed by atoms with Crippen molar-refractivity contribution in [1.29, 1.82) is 5.26 Å². The molecular formula is C30H21N5O3. The number of aromatic hydroxyl groups is 1. The number of benzene rings is 3. The number of fused-ring (bicyclic) bond motifs is 6. The van der Waals surface area contributed by atoms with Gasteiger partial charge in [-0.1, -0.05) is 42.5 Å². The fourth-order valence-corrected chi connectivity index (χ4v) is 5.93. The van der Waals surface area contributed by atoms with Crippen molar-refractivity contribution in [1.82, 2.24) is 19.0 Å². The zero-order chi connectivity index (χ0) is 26.0. The molecule has 1 amide bonds. The maximum absolute atomic E-state index is 13.6. The topological polar surface area (TPSA) is 104 Å². The maximum atomic E-state index is 13.6. The molecule has 1 N–H and O–H groups in total. The van der Waals surface area contributed by atoms with E-state index in [0.29, 0.717) is 46.4 Å². The quantitative estimate of drug-likeness (QED) is 0.392. The zero-order valence-electron chi connectivity index (χ0n) is 20.2. The number of hydrogen-bond acceptors (Lipinski definition) is 5. The van der Waals surface area contributed by atoms with E-state index in [2.05, 4.69) is 11.1 Å². The van der Waals surface area contributed by atoms with Crippen LogP contribution in [0, 0.1) is 11.3 Å². The first-order chi connectivity index (χ1) is 18.6. The fourth-order valence-electron chi connectivity index (χ4n) is 5.93. The third kappa shape index (κ3) is 3.05. The molecule has 2 bridgehead atoms. The predicted molar refractivity (Wildman–Crippen MR) is 141 cm³/mol. The van der Waals surface area contributed by atoms with Crippen molar-refractivity contribution in [3.05, 3.63) is 112 Å². The number of hydrogen-bond donors (Lipinski definition) is 1. The Labute approximate surface area is 217 Å². The van der Waals surface area contributed by atoms with Gasteiger partial charge in [0.15, 0.2) is 0 Å². The largest absolute Gasteiger partial charge is 0.493 e. The number of rotatable bonds is 3. The minimum Gasteiger partial charge on any atom is -0.493 e. The van der Waals surface area contributed by atoms with E-state index in [4.69, 9.17) is 0 Å². The highest BCUT2D eigenvalue weighted by Gasteiger charge is 2.49. The molecule has 1 saturated heterocycles. The molecule has 38 heavy (non-hydrogen) atoms. The Morgan fingerprint density at radius 1 is 0.974 bits per heavy atom. The van der Waals surface area contributed by atoms with Crippen LogP contribution in [-0.4, -0.2) is 36.6 Å². The maximum Gasteiger partial charge on any atom is 0.336 e. The van der Waals surface area contributed by atoms with Crippen molar-refractivity contribution in [3.63, 3.8) is 0 Å². The third-order valence-corrected chi connectivity index (χ3v) is 7.67. The van der Waals surface area contributed by atoms with Gasteiger partial charge in [-0.3, -0.25) is 14.3 Å². The summed E-state index contributed by atoms with van der Waals surface area (Å²) >= 11 is 0. The molecule has 5 aromatic rings. The number of likely N-dealkylation sites (tertiary alicyclic amines) is 1. The number of aromatic nitrogens is 3. The van der Waals surface area contributed by atoms with E-state index >= 15 is 0 Å². The average Bonchev–Trinajstić information content (AvgIpc) is 3.64. The van der Waals surface area contributed by atoms with Crippen LogP contribution in [0.15, 0.2) is 89.9 Å². The van der Waals surface area contributed by atoms with Gasteiger partial charge in [0.1, 0.15) is 11.8 Å². The highest BCUT2D eigenvalue weighted by atomic mass is 16.3. The lowest BCUT2D eigenvalue weighted by atomic mass is 10.0. The van der Waals surface area contributed by atoms with Crippen LogP contribution in [0.25, 0.3) is 27.7 Å². The zero-order valence-corrected chi connectivity index (χ0v) is 20.2. The van der Waals surface area contributed by atoms with Gasteiger partial charge in [0.05, 0.1) is 28.9 Å². The molecule has 184 valence electrons. The molecule has 2 aliphatic rings. The molecule has 0 saturated carbocycles. The Hall–Kier alpha value is -5.16. The van der Waals surface area contributed by atoms with Crippen LogP contribution in [0.3, 0.4) is 0 Å². The van der Waals surface area contributed by atoms with Gasteiger partial charge in [-0.15, -0.1) is 0 Å². The summed E-state index contributed by atoms with van der Waals surface area (Å²) < 4.78 is 2.88. The van der Waals surface area contributed by atoms with Gasteiger partial charge in [-0.25, -0.2) is 9.36 Å². The van der Waals surface area contributed by atoms with Crippen molar-refractivity contribution < 1.29 is 9.90 Å². The number of amides is 1. The summed E-state index contributed by atoms with van der Waals surface area (Å²) in [4.78, 5) is 33.2. The molecule has 2 atom stereocenters. The molecule has 1 fully saturated rings. The number of imidazole rings is 1. The Balaban J connectivity index is 1.26. The van der Waals surface area contributed by atoms with Gasteiger partial charge in [0.25, 0.3) is 5.91 Å².